The number of aliphatic hydroxyl groups is 1. The average Bonchev–Trinajstić information content (AvgIpc) is 2.46. The number of carbonyl (C=O) groups is 1. The number of hydrogen-bond donors (Lipinski definition) is 3. The van der Waals surface area contributed by atoms with Gasteiger partial charge in [-0.15, -0.1) is 0 Å². The molecule has 2 atom stereocenters. The first-order valence-corrected chi connectivity index (χ1v) is 6.52. The van der Waals surface area contributed by atoms with Crippen molar-refractivity contribution in [3.63, 3.8) is 0 Å². The van der Waals surface area contributed by atoms with E-state index in [1.165, 1.54) is 0 Å². The number of hydrogen-bond acceptors (Lipinski definition) is 5. The first kappa shape index (κ1) is 13.8. The van der Waals surface area contributed by atoms with E-state index in [-0.39, 0.29) is 11.9 Å². The number of nitrogens with two attached hydrogens (primary N) is 1. The number of rotatable bonds is 3. The average molecular weight is 264 g/mol. The van der Waals surface area contributed by atoms with Gasteiger partial charge in [0.1, 0.15) is 11.5 Å². The summed E-state index contributed by atoms with van der Waals surface area (Å²) < 4.78 is 0. The first-order chi connectivity index (χ1) is 9.13. The Bertz CT molecular complexity index is 452. The summed E-state index contributed by atoms with van der Waals surface area (Å²) in [7, 11) is 1.71. The van der Waals surface area contributed by atoms with Crippen LogP contribution in [-0.2, 0) is 0 Å². The normalized spacial score (nSPS) is 22.9. The molecular formula is C13H20N4O2. The summed E-state index contributed by atoms with van der Waals surface area (Å²) in [5.41, 5.74) is 2.75. The number of pyridine rings is 1. The molecule has 1 amide bonds. The highest BCUT2D eigenvalue weighted by Gasteiger charge is 2.30. The Morgan fingerprint density at radius 3 is 2.89 bits per heavy atom. The largest absolute Gasteiger partial charge is 0.391 e. The topological polar surface area (TPSA) is 91.5 Å². The number of nitrogens with one attached hydrogen (secondary N) is 1. The van der Waals surface area contributed by atoms with Gasteiger partial charge in [0.05, 0.1) is 12.1 Å². The van der Waals surface area contributed by atoms with Crippen LogP contribution in [0.3, 0.4) is 0 Å². The Hall–Kier alpha value is -1.66. The Morgan fingerprint density at radius 1 is 1.47 bits per heavy atom. The minimum atomic E-state index is -0.446. The SMILES string of the molecule is CN(C(=O)c1cccc(NN)n1)C1CCCCC1O. The summed E-state index contributed by atoms with van der Waals surface area (Å²) in [6, 6.07) is 4.93. The second-order valence-corrected chi connectivity index (χ2v) is 4.89. The number of nitrogens with zero attached hydrogens (tertiary/aromatic N) is 2. The van der Waals surface area contributed by atoms with Crippen LogP contribution >= 0.6 is 0 Å². The van der Waals surface area contributed by atoms with Gasteiger partial charge in [0.25, 0.3) is 5.91 Å². The van der Waals surface area contributed by atoms with Crippen LogP contribution in [-0.4, -0.2) is 40.1 Å². The predicted octanol–water partition coefficient (Wildman–Crippen LogP) is 0.743. The Balaban J connectivity index is 2.13. The van der Waals surface area contributed by atoms with Gasteiger partial charge in [-0.3, -0.25) is 4.79 Å². The van der Waals surface area contributed by atoms with E-state index < -0.39 is 6.10 Å². The molecule has 4 N–H and O–H groups in total. The lowest BCUT2D eigenvalue weighted by Gasteiger charge is -2.35. The summed E-state index contributed by atoms with van der Waals surface area (Å²) >= 11 is 0. The maximum Gasteiger partial charge on any atom is 0.272 e. The lowest BCUT2D eigenvalue weighted by molar-refractivity contribution is 0.0264. The van der Waals surface area contributed by atoms with E-state index in [9.17, 15) is 9.90 Å². The maximum absolute atomic E-state index is 12.3. The minimum Gasteiger partial charge on any atom is -0.391 e. The van der Waals surface area contributed by atoms with Crippen molar-refractivity contribution in [2.45, 2.75) is 37.8 Å². The van der Waals surface area contributed by atoms with Gasteiger partial charge >= 0.3 is 0 Å². The maximum atomic E-state index is 12.3. The molecule has 6 heteroatoms. The molecule has 1 fully saturated rings. The number of carbonyl (C=O) groups excluding carboxylic acids is 1. The highest BCUT2D eigenvalue weighted by Crippen LogP contribution is 2.23. The highest BCUT2D eigenvalue weighted by atomic mass is 16.3. The molecule has 2 unspecified atom stereocenters. The molecule has 1 aliphatic rings. The third-order valence-electron chi connectivity index (χ3n) is 3.63. The second kappa shape index (κ2) is 5.99. The molecule has 0 aliphatic heterocycles. The van der Waals surface area contributed by atoms with Crippen LogP contribution in [0.2, 0.25) is 0 Å². The summed E-state index contributed by atoms with van der Waals surface area (Å²) in [5.74, 6) is 5.54. The zero-order chi connectivity index (χ0) is 13.8. The molecule has 104 valence electrons. The molecule has 0 radical (unpaired) electrons. The summed E-state index contributed by atoms with van der Waals surface area (Å²) in [4.78, 5) is 18.1. The standard InChI is InChI=1S/C13H20N4O2/c1-17(10-6-2-3-7-11(10)18)13(19)9-5-4-8-12(15-9)16-14/h4-5,8,10-11,18H,2-3,6-7,14H2,1H3,(H,15,16). The third-order valence-corrected chi connectivity index (χ3v) is 3.63. The van der Waals surface area contributed by atoms with Crippen LogP contribution < -0.4 is 11.3 Å². The molecule has 0 spiro atoms. The fourth-order valence-corrected chi connectivity index (χ4v) is 2.51. The zero-order valence-corrected chi connectivity index (χ0v) is 11.0. The number of likely N-dealkylation sites (N-methyl/N-ethyl adjacent to an activating group) is 1. The van der Waals surface area contributed by atoms with E-state index in [0.29, 0.717) is 11.5 Å². The number of amides is 1. The van der Waals surface area contributed by atoms with Crippen LogP contribution in [0.1, 0.15) is 36.2 Å². The Morgan fingerprint density at radius 2 is 2.21 bits per heavy atom. The number of nitrogen functional groups attached to an aromatic ring is 1. The van der Waals surface area contributed by atoms with Gasteiger partial charge in [0.2, 0.25) is 0 Å². The molecule has 19 heavy (non-hydrogen) atoms. The molecular weight excluding hydrogens is 244 g/mol. The van der Waals surface area contributed by atoms with Crippen LogP contribution in [0.5, 0.6) is 0 Å². The van der Waals surface area contributed by atoms with Gasteiger partial charge in [0, 0.05) is 7.05 Å². The number of anilines is 1. The molecule has 6 nitrogen and oxygen atoms in total. The zero-order valence-electron chi connectivity index (χ0n) is 11.0. The van der Waals surface area contributed by atoms with Crippen LogP contribution in [0.15, 0.2) is 18.2 Å². The van der Waals surface area contributed by atoms with Crippen molar-refractivity contribution < 1.29 is 9.90 Å². The van der Waals surface area contributed by atoms with E-state index >= 15 is 0 Å². The molecule has 0 saturated heterocycles. The summed E-state index contributed by atoms with van der Waals surface area (Å²) in [6.45, 7) is 0. The van der Waals surface area contributed by atoms with Crippen molar-refractivity contribution in [2.75, 3.05) is 12.5 Å². The molecule has 2 rings (SSSR count). The van der Waals surface area contributed by atoms with Gasteiger partial charge in [0.15, 0.2) is 0 Å². The Labute approximate surface area is 112 Å². The fourth-order valence-electron chi connectivity index (χ4n) is 2.51. The lowest BCUT2D eigenvalue weighted by atomic mass is 9.91. The lowest BCUT2D eigenvalue weighted by Crippen LogP contribution is -2.46. The van der Waals surface area contributed by atoms with Crippen molar-refractivity contribution in [3.05, 3.63) is 23.9 Å². The van der Waals surface area contributed by atoms with Crippen molar-refractivity contribution in [1.29, 1.82) is 0 Å². The molecule has 1 aromatic heterocycles. The van der Waals surface area contributed by atoms with Crippen molar-refractivity contribution in [1.82, 2.24) is 9.88 Å². The van der Waals surface area contributed by atoms with E-state index in [1.54, 1.807) is 30.1 Å². The molecule has 0 bridgehead atoms. The fraction of sp³-hybridized carbons (Fsp3) is 0.538. The second-order valence-electron chi connectivity index (χ2n) is 4.89. The predicted molar refractivity (Wildman–Crippen MR) is 72.4 cm³/mol. The quantitative estimate of drug-likeness (QED) is 0.553. The molecule has 1 saturated carbocycles. The van der Waals surface area contributed by atoms with Crippen LogP contribution in [0.4, 0.5) is 5.82 Å². The first-order valence-electron chi connectivity index (χ1n) is 6.52. The van der Waals surface area contributed by atoms with Crippen molar-refractivity contribution >= 4 is 11.7 Å². The van der Waals surface area contributed by atoms with E-state index in [2.05, 4.69) is 10.4 Å². The molecule has 1 heterocycles. The van der Waals surface area contributed by atoms with Gasteiger partial charge in [-0.25, -0.2) is 10.8 Å². The highest BCUT2D eigenvalue weighted by molar-refractivity contribution is 5.92. The summed E-state index contributed by atoms with van der Waals surface area (Å²) in [5, 5.41) is 9.99. The number of hydrazine groups is 1. The summed E-state index contributed by atoms with van der Waals surface area (Å²) in [6.07, 6.45) is 3.19. The van der Waals surface area contributed by atoms with E-state index in [1.807, 2.05) is 0 Å². The van der Waals surface area contributed by atoms with Crippen LogP contribution in [0, 0.1) is 0 Å². The third kappa shape index (κ3) is 3.02. The van der Waals surface area contributed by atoms with E-state index in [0.717, 1.165) is 25.7 Å². The van der Waals surface area contributed by atoms with Gasteiger partial charge < -0.3 is 15.4 Å². The Kier molecular flexibility index (Phi) is 4.34. The van der Waals surface area contributed by atoms with Crippen molar-refractivity contribution in [3.8, 4) is 0 Å². The van der Waals surface area contributed by atoms with Crippen molar-refractivity contribution in [2.24, 2.45) is 5.84 Å². The number of aromatic nitrogens is 1. The molecule has 1 aromatic rings. The van der Waals surface area contributed by atoms with Gasteiger partial charge in [-0.05, 0) is 25.0 Å². The monoisotopic (exact) mass is 264 g/mol. The minimum absolute atomic E-state index is 0.127. The molecule has 0 aromatic carbocycles. The van der Waals surface area contributed by atoms with E-state index in [4.69, 9.17) is 5.84 Å². The van der Waals surface area contributed by atoms with Gasteiger partial charge in [-0.2, -0.15) is 0 Å². The molecule has 1 aliphatic carbocycles. The smallest absolute Gasteiger partial charge is 0.272 e. The van der Waals surface area contributed by atoms with Crippen LogP contribution in [0.25, 0.3) is 0 Å². The van der Waals surface area contributed by atoms with Gasteiger partial charge in [-0.1, -0.05) is 18.9 Å². The number of aliphatic hydroxyl groups excluding tert-OH is 1.